The second-order valence-electron chi connectivity index (χ2n) is 2.18. The van der Waals surface area contributed by atoms with E-state index in [4.69, 9.17) is 0 Å². The van der Waals surface area contributed by atoms with Crippen LogP contribution in [-0.2, 0) is 6.42 Å². The number of benzene rings is 1. The van der Waals surface area contributed by atoms with E-state index in [9.17, 15) is 0 Å². The first-order chi connectivity index (χ1) is 4.93. The SMILES string of the molecule is C=NCCc1ccccc1. The topological polar surface area (TPSA) is 12.4 Å². The molecule has 0 amide bonds. The minimum absolute atomic E-state index is 0.823. The van der Waals surface area contributed by atoms with Gasteiger partial charge in [0.15, 0.2) is 0 Å². The van der Waals surface area contributed by atoms with Crippen molar-refractivity contribution in [2.24, 2.45) is 4.99 Å². The van der Waals surface area contributed by atoms with Crippen LogP contribution in [0.3, 0.4) is 0 Å². The van der Waals surface area contributed by atoms with Crippen LogP contribution in [0.1, 0.15) is 5.56 Å². The van der Waals surface area contributed by atoms with Crippen LogP contribution in [0, 0.1) is 0 Å². The molecular formula is C9H11N. The van der Waals surface area contributed by atoms with E-state index in [0.717, 1.165) is 13.0 Å². The zero-order valence-corrected chi connectivity index (χ0v) is 5.96. The fourth-order valence-electron chi connectivity index (χ4n) is 0.853. The summed E-state index contributed by atoms with van der Waals surface area (Å²) < 4.78 is 0. The maximum absolute atomic E-state index is 3.78. The minimum atomic E-state index is 0.823. The van der Waals surface area contributed by atoms with E-state index in [0.29, 0.717) is 0 Å². The molecule has 0 aliphatic carbocycles. The molecule has 0 saturated heterocycles. The van der Waals surface area contributed by atoms with Crippen molar-refractivity contribution in [3.05, 3.63) is 35.9 Å². The first-order valence-corrected chi connectivity index (χ1v) is 3.40. The smallest absolute Gasteiger partial charge is 0.0422 e. The number of aliphatic imine (C=N–C) groups is 1. The summed E-state index contributed by atoms with van der Waals surface area (Å²) in [5.41, 5.74) is 1.33. The van der Waals surface area contributed by atoms with Crippen molar-refractivity contribution in [1.82, 2.24) is 0 Å². The molecule has 0 heterocycles. The van der Waals surface area contributed by atoms with E-state index >= 15 is 0 Å². The first-order valence-electron chi connectivity index (χ1n) is 3.40. The normalized spacial score (nSPS) is 9.20. The van der Waals surface area contributed by atoms with Crippen molar-refractivity contribution in [3.63, 3.8) is 0 Å². The molecular weight excluding hydrogens is 122 g/mol. The van der Waals surface area contributed by atoms with Gasteiger partial charge in [0.05, 0.1) is 0 Å². The lowest BCUT2D eigenvalue weighted by atomic mass is 10.2. The van der Waals surface area contributed by atoms with Gasteiger partial charge in [-0.1, -0.05) is 30.3 Å². The maximum atomic E-state index is 3.78. The van der Waals surface area contributed by atoms with Crippen molar-refractivity contribution in [2.45, 2.75) is 6.42 Å². The van der Waals surface area contributed by atoms with Gasteiger partial charge >= 0.3 is 0 Å². The number of nitrogens with zero attached hydrogens (tertiary/aromatic N) is 1. The van der Waals surface area contributed by atoms with Gasteiger partial charge in [0.2, 0.25) is 0 Å². The Bertz CT molecular complexity index is 191. The highest BCUT2D eigenvalue weighted by atomic mass is 14.7. The summed E-state index contributed by atoms with van der Waals surface area (Å²) in [7, 11) is 0. The van der Waals surface area contributed by atoms with Gasteiger partial charge in [-0.05, 0) is 18.7 Å². The van der Waals surface area contributed by atoms with Crippen molar-refractivity contribution in [2.75, 3.05) is 6.54 Å². The van der Waals surface area contributed by atoms with E-state index in [2.05, 4.69) is 23.8 Å². The Morgan fingerprint density at radius 1 is 1.20 bits per heavy atom. The molecule has 0 aromatic heterocycles. The standard InChI is InChI=1S/C9H11N/c1-10-8-7-9-5-3-2-4-6-9/h2-6H,1,7-8H2. The van der Waals surface area contributed by atoms with Crippen LogP contribution in [0.4, 0.5) is 0 Å². The van der Waals surface area contributed by atoms with Crippen LogP contribution < -0.4 is 0 Å². The molecule has 10 heavy (non-hydrogen) atoms. The molecule has 0 radical (unpaired) electrons. The molecule has 0 atom stereocenters. The molecule has 0 aliphatic heterocycles. The fraction of sp³-hybridized carbons (Fsp3) is 0.222. The highest BCUT2D eigenvalue weighted by Gasteiger charge is 1.86. The van der Waals surface area contributed by atoms with Gasteiger partial charge in [0, 0.05) is 6.54 Å². The molecule has 1 aromatic rings. The lowest BCUT2D eigenvalue weighted by Gasteiger charge is -1.94. The third kappa shape index (κ3) is 2.02. The van der Waals surface area contributed by atoms with Gasteiger partial charge in [-0.3, -0.25) is 0 Å². The summed E-state index contributed by atoms with van der Waals surface area (Å²) in [4.78, 5) is 3.78. The summed E-state index contributed by atoms with van der Waals surface area (Å²) >= 11 is 0. The van der Waals surface area contributed by atoms with Crippen LogP contribution in [0.2, 0.25) is 0 Å². The molecule has 1 aromatic carbocycles. The zero-order valence-electron chi connectivity index (χ0n) is 5.96. The Kier molecular flexibility index (Phi) is 2.68. The summed E-state index contributed by atoms with van der Waals surface area (Å²) in [5.74, 6) is 0. The van der Waals surface area contributed by atoms with Gasteiger partial charge in [0.25, 0.3) is 0 Å². The van der Waals surface area contributed by atoms with E-state index in [1.807, 2.05) is 18.2 Å². The van der Waals surface area contributed by atoms with E-state index in [-0.39, 0.29) is 0 Å². The van der Waals surface area contributed by atoms with Crippen molar-refractivity contribution >= 4 is 6.72 Å². The lowest BCUT2D eigenvalue weighted by molar-refractivity contribution is 0.977. The van der Waals surface area contributed by atoms with Crippen LogP contribution in [-0.4, -0.2) is 13.3 Å². The Balaban J connectivity index is 2.50. The average Bonchev–Trinajstić information content (AvgIpc) is 2.03. The van der Waals surface area contributed by atoms with Crippen molar-refractivity contribution in [1.29, 1.82) is 0 Å². The molecule has 1 heteroatoms. The third-order valence-electron chi connectivity index (χ3n) is 1.40. The van der Waals surface area contributed by atoms with E-state index in [1.54, 1.807) is 0 Å². The van der Waals surface area contributed by atoms with Crippen LogP contribution >= 0.6 is 0 Å². The number of hydrogen-bond acceptors (Lipinski definition) is 1. The summed E-state index contributed by atoms with van der Waals surface area (Å²) in [5, 5.41) is 0. The molecule has 52 valence electrons. The Morgan fingerprint density at radius 2 is 1.90 bits per heavy atom. The van der Waals surface area contributed by atoms with E-state index < -0.39 is 0 Å². The van der Waals surface area contributed by atoms with Gasteiger partial charge in [0.1, 0.15) is 0 Å². The molecule has 0 bridgehead atoms. The second kappa shape index (κ2) is 3.83. The first kappa shape index (κ1) is 7.00. The molecule has 0 saturated carbocycles. The Hall–Kier alpha value is -1.11. The van der Waals surface area contributed by atoms with Crippen LogP contribution in [0.5, 0.6) is 0 Å². The third-order valence-corrected chi connectivity index (χ3v) is 1.40. The highest BCUT2D eigenvalue weighted by Crippen LogP contribution is 1.98. The molecule has 0 fully saturated rings. The summed E-state index contributed by atoms with van der Waals surface area (Å²) in [6, 6.07) is 10.3. The Morgan fingerprint density at radius 3 is 2.50 bits per heavy atom. The predicted molar refractivity (Wildman–Crippen MR) is 44.6 cm³/mol. The predicted octanol–water partition coefficient (Wildman–Crippen LogP) is 1.93. The Labute approximate surface area is 61.4 Å². The van der Waals surface area contributed by atoms with Gasteiger partial charge in [-0.15, -0.1) is 0 Å². The molecule has 0 aliphatic rings. The quantitative estimate of drug-likeness (QED) is 0.559. The number of rotatable bonds is 3. The molecule has 0 N–H and O–H groups in total. The van der Waals surface area contributed by atoms with Crippen molar-refractivity contribution in [3.8, 4) is 0 Å². The summed E-state index contributed by atoms with van der Waals surface area (Å²) in [6.45, 7) is 4.25. The largest absolute Gasteiger partial charge is 0.301 e. The molecule has 1 nitrogen and oxygen atoms in total. The van der Waals surface area contributed by atoms with Crippen LogP contribution in [0.15, 0.2) is 35.3 Å². The monoisotopic (exact) mass is 133 g/mol. The van der Waals surface area contributed by atoms with Gasteiger partial charge < -0.3 is 4.99 Å². The average molecular weight is 133 g/mol. The van der Waals surface area contributed by atoms with Gasteiger partial charge in [-0.25, -0.2) is 0 Å². The maximum Gasteiger partial charge on any atom is 0.0422 e. The zero-order chi connectivity index (χ0) is 7.23. The van der Waals surface area contributed by atoms with Crippen molar-refractivity contribution < 1.29 is 0 Å². The van der Waals surface area contributed by atoms with E-state index in [1.165, 1.54) is 5.56 Å². The molecule has 0 spiro atoms. The molecule has 0 unspecified atom stereocenters. The number of hydrogen-bond donors (Lipinski definition) is 0. The summed E-state index contributed by atoms with van der Waals surface area (Å²) in [6.07, 6.45) is 1.00. The molecule has 1 rings (SSSR count). The van der Waals surface area contributed by atoms with Gasteiger partial charge in [-0.2, -0.15) is 0 Å². The minimum Gasteiger partial charge on any atom is -0.301 e. The van der Waals surface area contributed by atoms with Crippen LogP contribution in [0.25, 0.3) is 0 Å². The second-order valence-corrected chi connectivity index (χ2v) is 2.18. The fourth-order valence-corrected chi connectivity index (χ4v) is 0.853. The lowest BCUT2D eigenvalue weighted by Crippen LogP contribution is -1.86. The highest BCUT2D eigenvalue weighted by molar-refractivity contribution is 5.23.